The van der Waals surface area contributed by atoms with Crippen LogP contribution in [0, 0.1) is 5.92 Å². The van der Waals surface area contributed by atoms with E-state index in [-0.39, 0.29) is 17.5 Å². The van der Waals surface area contributed by atoms with Crippen LogP contribution >= 0.6 is 15.9 Å². The standard InChI is InChI=1S/C8H9BrO2/c1-3-5-4(2)6(9)8(11)7(5)10/h3-4,11H,1-2H3/b5-3-. The number of halogens is 1. The summed E-state index contributed by atoms with van der Waals surface area (Å²) in [4.78, 5) is 11.2. The Hall–Kier alpha value is -0.570. The molecule has 0 heterocycles. The Morgan fingerprint density at radius 3 is 2.36 bits per heavy atom. The number of aliphatic hydroxyl groups excluding tert-OH is 1. The van der Waals surface area contributed by atoms with Gasteiger partial charge >= 0.3 is 0 Å². The first-order chi connectivity index (χ1) is 5.09. The van der Waals surface area contributed by atoms with Crippen molar-refractivity contribution in [1.82, 2.24) is 0 Å². The van der Waals surface area contributed by atoms with Crippen molar-refractivity contribution in [2.45, 2.75) is 13.8 Å². The van der Waals surface area contributed by atoms with Crippen LogP contribution in [0.5, 0.6) is 0 Å². The molecule has 1 unspecified atom stereocenters. The van der Waals surface area contributed by atoms with Gasteiger partial charge in [-0.25, -0.2) is 0 Å². The van der Waals surface area contributed by atoms with Crippen LogP contribution in [0.15, 0.2) is 21.9 Å². The normalized spacial score (nSPS) is 28.8. The molecular formula is C8H9BrO2. The Bertz CT molecular complexity index is 263. The predicted molar refractivity (Wildman–Crippen MR) is 46.5 cm³/mol. The highest BCUT2D eigenvalue weighted by molar-refractivity contribution is 9.11. The first kappa shape index (κ1) is 8.53. The number of rotatable bonds is 0. The fourth-order valence-electron chi connectivity index (χ4n) is 1.16. The summed E-state index contributed by atoms with van der Waals surface area (Å²) in [5.41, 5.74) is 0.661. The molecule has 0 aromatic rings. The van der Waals surface area contributed by atoms with Gasteiger partial charge in [0, 0.05) is 16.0 Å². The Morgan fingerprint density at radius 1 is 1.64 bits per heavy atom. The lowest BCUT2D eigenvalue weighted by molar-refractivity contribution is -0.114. The number of allylic oxidation sites excluding steroid dienone is 3. The van der Waals surface area contributed by atoms with Crippen molar-refractivity contribution in [3.8, 4) is 0 Å². The molecular weight excluding hydrogens is 208 g/mol. The number of Topliss-reactive ketones (excluding diaryl/α,β-unsaturated/α-hetero) is 1. The lowest BCUT2D eigenvalue weighted by atomic mass is 10.0. The summed E-state index contributed by atoms with van der Waals surface area (Å²) >= 11 is 3.16. The van der Waals surface area contributed by atoms with Gasteiger partial charge in [-0.05, 0) is 6.92 Å². The molecule has 11 heavy (non-hydrogen) atoms. The van der Waals surface area contributed by atoms with Crippen molar-refractivity contribution in [2.75, 3.05) is 0 Å². The number of carbonyl (C=O) groups is 1. The molecule has 0 saturated carbocycles. The van der Waals surface area contributed by atoms with Crippen LogP contribution in [0.3, 0.4) is 0 Å². The van der Waals surface area contributed by atoms with Crippen molar-refractivity contribution in [3.63, 3.8) is 0 Å². The van der Waals surface area contributed by atoms with Gasteiger partial charge in [0.15, 0.2) is 5.76 Å². The first-order valence-electron chi connectivity index (χ1n) is 3.39. The molecule has 1 atom stereocenters. The van der Waals surface area contributed by atoms with Crippen LogP contribution in [0.2, 0.25) is 0 Å². The van der Waals surface area contributed by atoms with E-state index in [4.69, 9.17) is 0 Å². The van der Waals surface area contributed by atoms with Crippen LogP contribution in [0.4, 0.5) is 0 Å². The molecule has 0 amide bonds. The molecule has 1 aliphatic rings. The van der Waals surface area contributed by atoms with Crippen LogP contribution in [-0.2, 0) is 4.79 Å². The average molecular weight is 217 g/mol. The van der Waals surface area contributed by atoms with Gasteiger partial charge in [-0.3, -0.25) is 4.79 Å². The maximum Gasteiger partial charge on any atom is 0.224 e. The van der Waals surface area contributed by atoms with Gasteiger partial charge in [-0.1, -0.05) is 28.9 Å². The topological polar surface area (TPSA) is 37.3 Å². The van der Waals surface area contributed by atoms with Gasteiger partial charge in [0.2, 0.25) is 5.78 Å². The number of aliphatic hydroxyl groups is 1. The van der Waals surface area contributed by atoms with Crippen LogP contribution in [0.25, 0.3) is 0 Å². The third kappa shape index (κ3) is 1.13. The fraction of sp³-hybridized carbons (Fsp3) is 0.375. The number of carbonyl (C=O) groups excluding carboxylic acids is 1. The van der Waals surface area contributed by atoms with E-state index in [1.54, 1.807) is 13.0 Å². The minimum atomic E-state index is -0.258. The Labute approximate surface area is 73.7 Å². The maximum atomic E-state index is 11.2. The van der Waals surface area contributed by atoms with Crippen LogP contribution < -0.4 is 0 Å². The lowest BCUT2D eigenvalue weighted by Gasteiger charge is -2.01. The third-order valence-corrected chi connectivity index (χ3v) is 2.92. The number of hydrogen-bond donors (Lipinski definition) is 1. The number of hydrogen-bond acceptors (Lipinski definition) is 2. The second-order valence-corrected chi connectivity index (χ2v) is 3.35. The summed E-state index contributed by atoms with van der Waals surface area (Å²) < 4.78 is 0.593. The van der Waals surface area contributed by atoms with E-state index >= 15 is 0 Å². The van der Waals surface area contributed by atoms with Gasteiger partial charge in [0.05, 0.1) is 0 Å². The largest absolute Gasteiger partial charge is 0.504 e. The molecule has 0 aromatic heterocycles. The van der Waals surface area contributed by atoms with E-state index in [0.717, 1.165) is 0 Å². The van der Waals surface area contributed by atoms with Gasteiger partial charge in [-0.15, -0.1) is 0 Å². The van der Waals surface area contributed by atoms with E-state index in [2.05, 4.69) is 15.9 Å². The summed E-state index contributed by atoms with van der Waals surface area (Å²) in [5, 5.41) is 9.18. The SMILES string of the molecule is C/C=C1\C(=O)C(O)=C(Br)C1C. The molecule has 0 aromatic carbocycles. The molecule has 0 spiro atoms. The molecule has 0 fully saturated rings. The second-order valence-electron chi connectivity index (χ2n) is 2.49. The summed E-state index contributed by atoms with van der Waals surface area (Å²) in [7, 11) is 0. The van der Waals surface area contributed by atoms with Crippen molar-refractivity contribution in [3.05, 3.63) is 21.9 Å². The van der Waals surface area contributed by atoms with E-state index in [0.29, 0.717) is 10.1 Å². The molecule has 3 heteroatoms. The minimum absolute atomic E-state index is 0.00694. The van der Waals surface area contributed by atoms with E-state index in [1.165, 1.54) is 0 Å². The van der Waals surface area contributed by atoms with Gasteiger partial charge in [0.25, 0.3) is 0 Å². The monoisotopic (exact) mass is 216 g/mol. The zero-order valence-electron chi connectivity index (χ0n) is 6.39. The molecule has 60 valence electrons. The average Bonchev–Trinajstić information content (AvgIpc) is 2.17. The smallest absolute Gasteiger partial charge is 0.224 e. The van der Waals surface area contributed by atoms with Crippen molar-refractivity contribution >= 4 is 21.7 Å². The zero-order chi connectivity index (χ0) is 8.59. The highest BCUT2D eigenvalue weighted by Crippen LogP contribution is 2.35. The molecule has 1 aliphatic carbocycles. The molecule has 0 bridgehead atoms. The van der Waals surface area contributed by atoms with Crippen molar-refractivity contribution in [2.24, 2.45) is 5.92 Å². The summed E-state index contributed by atoms with van der Waals surface area (Å²) in [6.07, 6.45) is 1.73. The molecule has 0 aliphatic heterocycles. The molecule has 0 radical (unpaired) electrons. The molecule has 1 rings (SSSR count). The molecule has 2 nitrogen and oxygen atoms in total. The lowest BCUT2D eigenvalue weighted by Crippen LogP contribution is -2.01. The Morgan fingerprint density at radius 2 is 2.18 bits per heavy atom. The summed E-state index contributed by atoms with van der Waals surface area (Å²) in [6, 6.07) is 0. The molecule has 0 saturated heterocycles. The van der Waals surface area contributed by atoms with Gasteiger partial charge < -0.3 is 5.11 Å². The first-order valence-corrected chi connectivity index (χ1v) is 4.18. The van der Waals surface area contributed by atoms with E-state index in [9.17, 15) is 9.90 Å². The fourth-order valence-corrected chi connectivity index (χ4v) is 1.59. The maximum absolute atomic E-state index is 11.2. The summed E-state index contributed by atoms with van der Waals surface area (Å²) in [5.74, 6) is -0.398. The highest BCUT2D eigenvalue weighted by atomic mass is 79.9. The Balaban J connectivity index is 3.12. The zero-order valence-corrected chi connectivity index (χ0v) is 7.97. The summed E-state index contributed by atoms with van der Waals surface area (Å²) in [6.45, 7) is 3.67. The number of ketones is 1. The van der Waals surface area contributed by atoms with Crippen LogP contribution in [-0.4, -0.2) is 10.9 Å². The van der Waals surface area contributed by atoms with Crippen molar-refractivity contribution in [1.29, 1.82) is 0 Å². The van der Waals surface area contributed by atoms with Crippen LogP contribution in [0.1, 0.15) is 13.8 Å². The third-order valence-electron chi connectivity index (χ3n) is 1.86. The van der Waals surface area contributed by atoms with E-state index < -0.39 is 0 Å². The molecule has 1 N–H and O–H groups in total. The predicted octanol–water partition coefficient (Wildman–Crippen LogP) is 2.32. The van der Waals surface area contributed by atoms with Gasteiger partial charge in [0.1, 0.15) is 0 Å². The quantitative estimate of drug-likeness (QED) is 0.632. The highest BCUT2D eigenvalue weighted by Gasteiger charge is 2.32. The van der Waals surface area contributed by atoms with E-state index in [1.807, 2.05) is 6.92 Å². The minimum Gasteiger partial charge on any atom is -0.504 e. The Kier molecular flexibility index (Phi) is 2.18. The van der Waals surface area contributed by atoms with Gasteiger partial charge in [-0.2, -0.15) is 0 Å². The second kappa shape index (κ2) is 2.81. The van der Waals surface area contributed by atoms with Crippen molar-refractivity contribution < 1.29 is 9.90 Å².